The molecule has 0 amide bonds. The van der Waals surface area contributed by atoms with Gasteiger partial charge in [0.25, 0.3) is 0 Å². The minimum absolute atomic E-state index is 0.954. The van der Waals surface area contributed by atoms with Gasteiger partial charge in [-0.3, -0.25) is 0 Å². The summed E-state index contributed by atoms with van der Waals surface area (Å²) in [6, 6.07) is 3.75. The van der Waals surface area contributed by atoms with E-state index < -0.39 is 9.84 Å². The van der Waals surface area contributed by atoms with Crippen molar-refractivity contribution in [3.05, 3.63) is 27.8 Å². The van der Waals surface area contributed by atoms with Crippen molar-refractivity contribution in [2.45, 2.75) is 0 Å². The van der Waals surface area contributed by atoms with Gasteiger partial charge in [-0.25, -0.2) is 8.42 Å². The van der Waals surface area contributed by atoms with Crippen molar-refractivity contribution in [3.8, 4) is 0 Å². The van der Waals surface area contributed by atoms with E-state index in [0.717, 1.165) is 4.88 Å². The van der Waals surface area contributed by atoms with E-state index in [0.29, 0.717) is 0 Å². The van der Waals surface area contributed by atoms with Crippen molar-refractivity contribution in [2.24, 2.45) is 0 Å². The van der Waals surface area contributed by atoms with Crippen LogP contribution >= 0.6 is 11.3 Å². The molecule has 0 saturated carbocycles. The summed E-state index contributed by atoms with van der Waals surface area (Å²) in [5.41, 5.74) is 0. The van der Waals surface area contributed by atoms with E-state index in [1.807, 2.05) is 17.5 Å². The molecule has 1 rings (SSSR count). The Balaban J connectivity index is 2.79. The minimum Gasteiger partial charge on any atom is -0.225 e. The average Bonchev–Trinajstić information content (AvgIpc) is 2.32. The molecule has 0 fully saturated rings. The van der Waals surface area contributed by atoms with Gasteiger partial charge in [0.1, 0.15) is 0 Å². The fourth-order valence-electron chi connectivity index (χ4n) is 0.577. The first-order valence-corrected chi connectivity index (χ1v) is 5.83. The molecule has 0 aliphatic carbocycles. The molecule has 0 aliphatic heterocycles. The van der Waals surface area contributed by atoms with Gasteiger partial charge >= 0.3 is 0 Å². The Morgan fingerprint density at radius 1 is 1.55 bits per heavy atom. The lowest BCUT2D eigenvalue weighted by molar-refractivity contribution is 0.610. The maximum atomic E-state index is 10.6. The summed E-state index contributed by atoms with van der Waals surface area (Å²) in [6.07, 6.45) is 2.77. The first kappa shape index (κ1) is 8.49. The van der Waals surface area contributed by atoms with Gasteiger partial charge in [-0.1, -0.05) is 6.07 Å². The van der Waals surface area contributed by atoms with Crippen molar-refractivity contribution in [2.75, 3.05) is 6.26 Å². The van der Waals surface area contributed by atoms with Gasteiger partial charge in [-0.15, -0.1) is 11.3 Å². The second kappa shape index (κ2) is 3.19. The molecule has 2 nitrogen and oxygen atoms in total. The molecule has 0 radical (unpaired) electrons. The Morgan fingerprint density at radius 2 is 2.27 bits per heavy atom. The van der Waals surface area contributed by atoms with Crippen LogP contribution in [0.25, 0.3) is 6.08 Å². The Labute approximate surface area is 70.1 Å². The first-order chi connectivity index (χ1) is 5.08. The summed E-state index contributed by atoms with van der Waals surface area (Å²) < 4.78 is 21.3. The van der Waals surface area contributed by atoms with Gasteiger partial charge in [0.15, 0.2) is 9.84 Å². The SMILES string of the molecule is CS(=O)(=O)/C=C/c1cccs1. The fraction of sp³-hybridized carbons (Fsp3) is 0.143. The lowest BCUT2D eigenvalue weighted by Crippen LogP contribution is -1.86. The fourth-order valence-corrected chi connectivity index (χ4v) is 1.67. The molecule has 11 heavy (non-hydrogen) atoms. The molecule has 4 heteroatoms. The Hall–Kier alpha value is -0.610. The zero-order chi connectivity index (χ0) is 8.32. The van der Waals surface area contributed by atoms with Crippen LogP contribution in [0, 0.1) is 0 Å². The molecule has 0 saturated heterocycles. The number of hydrogen-bond donors (Lipinski definition) is 0. The molecule has 0 aliphatic rings. The van der Waals surface area contributed by atoms with E-state index in [9.17, 15) is 8.42 Å². The standard InChI is InChI=1S/C7H8O2S2/c1-11(8,9)6-4-7-3-2-5-10-7/h2-6H,1H3/b6-4+. The maximum absolute atomic E-state index is 10.6. The topological polar surface area (TPSA) is 34.1 Å². The van der Waals surface area contributed by atoms with Crippen molar-refractivity contribution in [1.29, 1.82) is 0 Å². The van der Waals surface area contributed by atoms with Gasteiger partial charge < -0.3 is 0 Å². The molecule has 1 aromatic heterocycles. The monoisotopic (exact) mass is 188 g/mol. The van der Waals surface area contributed by atoms with Crippen LogP contribution in [-0.2, 0) is 9.84 Å². The minimum atomic E-state index is -2.97. The van der Waals surface area contributed by atoms with Crippen molar-refractivity contribution < 1.29 is 8.42 Å². The number of rotatable bonds is 2. The third-order valence-electron chi connectivity index (χ3n) is 1.02. The van der Waals surface area contributed by atoms with Crippen LogP contribution in [0.3, 0.4) is 0 Å². The zero-order valence-electron chi connectivity index (χ0n) is 6.02. The zero-order valence-corrected chi connectivity index (χ0v) is 7.65. The molecule has 0 N–H and O–H groups in total. The van der Waals surface area contributed by atoms with E-state index in [2.05, 4.69) is 0 Å². The quantitative estimate of drug-likeness (QED) is 0.708. The van der Waals surface area contributed by atoms with Gasteiger partial charge in [0, 0.05) is 16.5 Å². The predicted octanol–water partition coefficient (Wildman–Crippen LogP) is 1.76. The highest BCUT2D eigenvalue weighted by Crippen LogP contribution is 2.10. The van der Waals surface area contributed by atoms with Crippen LogP contribution in [0.2, 0.25) is 0 Å². The van der Waals surface area contributed by atoms with Crippen LogP contribution in [-0.4, -0.2) is 14.7 Å². The van der Waals surface area contributed by atoms with E-state index >= 15 is 0 Å². The first-order valence-electron chi connectivity index (χ1n) is 2.99. The highest BCUT2D eigenvalue weighted by atomic mass is 32.2. The molecule has 0 unspecified atom stereocenters. The number of sulfone groups is 1. The van der Waals surface area contributed by atoms with Crippen LogP contribution in [0.15, 0.2) is 22.9 Å². The summed E-state index contributed by atoms with van der Waals surface area (Å²) in [7, 11) is -2.97. The lowest BCUT2D eigenvalue weighted by Gasteiger charge is -1.83. The molecule has 0 atom stereocenters. The second-order valence-corrected chi connectivity index (χ2v) is 5.06. The van der Waals surface area contributed by atoms with Crippen LogP contribution in [0.1, 0.15) is 4.88 Å². The largest absolute Gasteiger partial charge is 0.225 e. The van der Waals surface area contributed by atoms with E-state index in [-0.39, 0.29) is 0 Å². The Kier molecular flexibility index (Phi) is 2.46. The van der Waals surface area contributed by atoms with Crippen LogP contribution in [0.5, 0.6) is 0 Å². The molecule has 0 spiro atoms. The molecule has 1 aromatic rings. The average molecular weight is 188 g/mol. The molecular weight excluding hydrogens is 180 g/mol. The van der Waals surface area contributed by atoms with E-state index in [1.165, 1.54) is 23.0 Å². The Morgan fingerprint density at radius 3 is 2.73 bits per heavy atom. The third kappa shape index (κ3) is 3.34. The van der Waals surface area contributed by atoms with Crippen molar-refractivity contribution in [1.82, 2.24) is 0 Å². The van der Waals surface area contributed by atoms with Gasteiger partial charge in [0.2, 0.25) is 0 Å². The van der Waals surface area contributed by atoms with Gasteiger partial charge in [0.05, 0.1) is 0 Å². The van der Waals surface area contributed by atoms with Crippen LogP contribution in [0.4, 0.5) is 0 Å². The van der Waals surface area contributed by atoms with Crippen molar-refractivity contribution >= 4 is 27.3 Å². The molecule has 0 bridgehead atoms. The maximum Gasteiger partial charge on any atom is 0.168 e. The van der Waals surface area contributed by atoms with Gasteiger partial charge in [-0.05, 0) is 17.5 Å². The lowest BCUT2D eigenvalue weighted by atomic mass is 10.5. The van der Waals surface area contributed by atoms with Crippen LogP contribution < -0.4 is 0 Å². The molecule has 60 valence electrons. The highest BCUT2D eigenvalue weighted by molar-refractivity contribution is 7.93. The molecule has 1 heterocycles. The second-order valence-electron chi connectivity index (χ2n) is 2.15. The predicted molar refractivity (Wildman–Crippen MR) is 48.2 cm³/mol. The summed E-state index contributed by atoms with van der Waals surface area (Å²) >= 11 is 1.51. The Bertz CT molecular complexity index is 333. The van der Waals surface area contributed by atoms with Crippen molar-refractivity contribution in [3.63, 3.8) is 0 Å². The summed E-state index contributed by atoms with van der Waals surface area (Å²) in [4.78, 5) is 0.954. The normalized spacial score (nSPS) is 12.5. The molecule has 0 aromatic carbocycles. The highest BCUT2D eigenvalue weighted by Gasteiger charge is 1.92. The summed E-state index contributed by atoms with van der Waals surface area (Å²) in [5, 5.41) is 3.11. The van der Waals surface area contributed by atoms with E-state index in [1.54, 1.807) is 6.08 Å². The summed E-state index contributed by atoms with van der Waals surface area (Å²) in [5.74, 6) is 0. The number of hydrogen-bond acceptors (Lipinski definition) is 3. The number of thiophene rings is 1. The third-order valence-corrected chi connectivity index (χ3v) is 2.49. The van der Waals surface area contributed by atoms with Gasteiger partial charge in [-0.2, -0.15) is 0 Å². The molecular formula is C7H8O2S2. The summed E-state index contributed by atoms with van der Waals surface area (Å²) in [6.45, 7) is 0. The van der Waals surface area contributed by atoms with E-state index in [4.69, 9.17) is 0 Å². The smallest absolute Gasteiger partial charge is 0.168 e.